The molecule has 0 radical (unpaired) electrons. The molecule has 0 aliphatic carbocycles. The molecule has 0 spiro atoms. The molecular weight excluding hydrogens is 304 g/mol. The molecule has 0 aliphatic heterocycles. The van der Waals surface area contributed by atoms with E-state index < -0.39 is 12.2 Å². The van der Waals surface area contributed by atoms with Crippen LogP contribution in [0.2, 0.25) is 5.02 Å². The van der Waals surface area contributed by atoms with E-state index in [-0.39, 0.29) is 5.54 Å². The molecular formula is C15H19ClN4O2. The molecule has 6 nitrogen and oxygen atoms in total. The Kier molecular flexibility index (Phi) is 4.71. The molecule has 0 aliphatic rings. The van der Waals surface area contributed by atoms with Crippen molar-refractivity contribution in [1.82, 2.24) is 20.3 Å². The van der Waals surface area contributed by atoms with Crippen molar-refractivity contribution >= 4 is 17.7 Å². The van der Waals surface area contributed by atoms with Crippen LogP contribution in [0.5, 0.6) is 0 Å². The number of halogens is 1. The summed E-state index contributed by atoms with van der Waals surface area (Å²) in [6.45, 7) is 7.40. The third kappa shape index (κ3) is 4.46. The van der Waals surface area contributed by atoms with Crippen molar-refractivity contribution in [1.29, 1.82) is 0 Å². The fourth-order valence-corrected chi connectivity index (χ4v) is 1.87. The van der Waals surface area contributed by atoms with Crippen LogP contribution >= 0.6 is 11.6 Å². The molecule has 0 saturated heterocycles. The fourth-order valence-electron chi connectivity index (χ4n) is 1.74. The second-order valence-corrected chi connectivity index (χ2v) is 6.42. The van der Waals surface area contributed by atoms with Crippen molar-refractivity contribution < 1.29 is 9.53 Å². The number of carbonyl (C=O) groups excluding carboxylic acids is 1. The van der Waals surface area contributed by atoms with E-state index in [2.05, 4.69) is 15.6 Å². The molecule has 1 aromatic heterocycles. The Morgan fingerprint density at radius 3 is 2.55 bits per heavy atom. The number of ether oxygens (including phenoxy) is 1. The molecule has 1 heterocycles. The Hall–Kier alpha value is -2.08. The van der Waals surface area contributed by atoms with E-state index >= 15 is 0 Å². The molecule has 1 unspecified atom stereocenters. The van der Waals surface area contributed by atoms with Crippen molar-refractivity contribution in [3.63, 3.8) is 0 Å². The zero-order valence-corrected chi connectivity index (χ0v) is 13.8. The van der Waals surface area contributed by atoms with Crippen LogP contribution in [0, 0.1) is 0 Å². The predicted molar refractivity (Wildman–Crippen MR) is 84.2 cm³/mol. The van der Waals surface area contributed by atoms with Crippen molar-refractivity contribution in [3.8, 4) is 5.69 Å². The van der Waals surface area contributed by atoms with E-state index in [0.29, 0.717) is 10.7 Å². The molecule has 1 amide bonds. The zero-order chi connectivity index (χ0) is 16.3. The first-order valence-electron chi connectivity index (χ1n) is 6.91. The molecule has 7 heteroatoms. The third-order valence-corrected chi connectivity index (χ3v) is 3.03. The lowest BCUT2D eigenvalue weighted by atomic mass is 10.1. The van der Waals surface area contributed by atoms with Gasteiger partial charge in [-0.15, -0.1) is 5.10 Å². The zero-order valence-electron chi connectivity index (χ0n) is 13.0. The Bertz CT molecular complexity index is 646. The van der Waals surface area contributed by atoms with E-state index in [4.69, 9.17) is 16.3 Å². The maximum Gasteiger partial charge on any atom is 0.408 e. The lowest BCUT2D eigenvalue weighted by Gasteiger charge is -2.21. The molecule has 2 aromatic rings. The maximum absolute atomic E-state index is 11.8. The second kappa shape index (κ2) is 6.36. The largest absolute Gasteiger partial charge is 0.440 e. The lowest BCUT2D eigenvalue weighted by molar-refractivity contribution is 0.0980. The van der Waals surface area contributed by atoms with Crippen LogP contribution in [0.1, 0.15) is 39.5 Å². The van der Waals surface area contributed by atoms with Gasteiger partial charge in [-0.25, -0.2) is 9.48 Å². The van der Waals surface area contributed by atoms with E-state index in [1.54, 1.807) is 29.9 Å². The van der Waals surface area contributed by atoms with Gasteiger partial charge in [0.05, 0.1) is 11.9 Å². The SMILES string of the molecule is CC(OC(=O)NC(C)(C)C)c1cn(-c2ccc(Cl)cc2)nn1. The number of rotatable bonds is 3. The standard InChI is InChI=1S/C15H19ClN4O2/c1-10(22-14(21)17-15(2,3)4)13-9-20(19-18-13)12-7-5-11(16)6-8-12/h5-10H,1-4H3,(H,17,21). The van der Waals surface area contributed by atoms with Crippen LogP contribution in [-0.2, 0) is 4.74 Å². The highest BCUT2D eigenvalue weighted by Gasteiger charge is 2.19. The first-order valence-corrected chi connectivity index (χ1v) is 7.29. The number of aromatic nitrogens is 3. The highest BCUT2D eigenvalue weighted by molar-refractivity contribution is 6.30. The van der Waals surface area contributed by atoms with Gasteiger partial charge in [0.25, 0.3) is 0 Å². The minimum absolute atomic E-state index is 0.349. The topological polar surface area (TPSA) is 69.0 Å². The second-order valence-electron chi connectivity index (χ2n) is 5.99. The molecule has 22 heavy (non-hydrogen) atoms. The van der Waals surface area contributed by atoms with Gasteiger partial charge in [-0.05, 0) is 52.0 Å². The van der Waals surface area contributed by atoms with Gasteiger partial charge in [0.1, 0.15) is 11.8 Å². The van der Waals surface area contributed by atoms with Gasteiger partial charge in [-0.1, -0.05) is 16.8 Å². The fraction of sp³-hybridized carbons (Fsp3) is 0.400. The van der Waals surface area contributed by atoms with Gasteiger partial charge in [-0.3, -0.25) is 0 Å². The third-order valence-electron chi connectivity index (χ3n) is 2.78. The highest BCUT2D eigenvalue weighted by Crippen LogP contribution is 2.17. The predicted octanol–water partition coefficient (Wildman–Crippen LogP) is 3.51. The number of nitrogens with one attached hydrogen (secondary N) is 1. The van der Waals surface area contributed by atoms with E-state index in [0.717, 1.165) is 5.69 Å². The van der Waals surface area contributed by atoms with Crippen LogP contribution in [0.25, 0.3) is 5.69 Å². The summed E-state index contributed by atoms with van der Waals surface area (Å²) in [5, 5.41) is 11.5. The monoisotopic (exact) mass is 322 g/mol. The Balaban J connectivity index is 2.04. The van der Waals surface area contributed by atoms with Crippen LogP contribution in [-0.4, -0.2) is 26.6 Å². The van der Waals surface area contributed by atoms with Crippen molar-refractivity contribution in [3.05, 3.63) is 41.2 Å². The summed E-state index contributed by atoms with van der Waals surface area (Å²) in [6, 6.07) is 7.21. The molecule has 118 valence electrons. The van der Waals surface area contributed by atoms with Crippen LogP contribution in [0.3, 0.4) is 0 Å². The van der Waals surface area contributed by atoms with Crippen LogP contribution in [0.4, 0.5) is 4.79 Å². The highest BCUT2D eigenvalue weighted by atomic mass is 35.5. The van der Waals surface area contributed by atoms with Crippen LogP contribution < -0.4 is 5.32 Å². The van der Waals surface area contributed by atoms with E-state index in [1.807, 2.05) is 32.9 Å². The smallest absolute Gasteiger partial charge is 0.408 e. The van der Waals surface area contributed by atoms with Crippen molar-refractivity contribution in [2.24, 2.45) is 0 Å². The van der Waals surface area contributed by atoms with Gasteiger partial charge < -0.3 is 10.1 Å². The van der Waals surface area contributed by atoms with Gasteiger partial charge in [-0.2, -0.15) is 0 Å². The Morgan fingerprint density at radius 1 is 1.32 bits per heavy atom. The van der Waals surface area contributed by atoms with E-state index in [1.165, 1.54) is 0 Å². The average molecular weight is 323 g/mol. The summed E-state index contributed by atoms with van der Waals surface area (Å²) in [5.41, 5.74) is 1.05. The molecule has 1 N–H and O–H groups in total. The number of hydrogen-bond donors (Lipinski definition) is 1. The molecule has 1 aromatic carbocycles. The van der Waals surface area contributed by atoms with Gasteiger partial charge in [0.15, 0.2) is 0 Å². The van der Waals surface area contributed by atoms with E-state index in [9.17, 15) is 4.79 Å². The number of hydrogen-bond acceptors (Lipinski definition) is 4. The molecule has 1 atom stereocenters. The summed E-state index contributed by atoms with van der Waals surface area (Å²) in [4.78, 5) is 11.8. The summed E-state index contributed by atoms with van der Waals surface area (Å²) < 4.78 is 6.90. The van der Waals surface area contributed by atoms with Crippen molar-refractivity contribution in [2.75, 3.05) is 0 Å². The number of carbonyl (C=O) groups is 1. The minimum Gasteiger partial charge on any atom is -0.440 e. The first-order chi connectivity index (χ1) is 10.2. The molecule has 0 fully saturated rings. The summed E-state index contributed by atoms with van der Waals surface area (Å²) in [7, 11) is 0. The Morgan fingerprint density at radius 2 is 1.95 bits per heavy atom. The molecule has 0 bridgehead atoms. The Labute approximate surface area is 134 Å². The van der Waals surface area contributed by atoms with Gasteiger partial charge >= 0.3 is 6.09 Å². The van der Waals surface area contributed by atoms with Crippen LogP contribution in [0.15, 0.2) is 30.5 Å². The molecule has 2 rings (SSSR count). The number of amides is 1. The van der Waals surface area contributed by atoms with Crippen molar-refractivity contribution in [2.45, 2.75) is 39.3 Å². The first kappa shape index (κ1) is 16.3. The van der Waals surface area contributed by atoms with Gasteiger partial charge in [0.2, 0.25) is 0 Å². The number of nitrogens with zero attached hydrogens (tertiary/aromatic N) is 3. The lowest BCUT2D eigenvalue weighted by Crippen LogP contribution is -2.41. The average Bonchev–Trinajstić information content (AvgIpc) is 2.86. The molecule has 0 saturated carbocycles. The quantitative estimate of drug-likeness (QED) is 0.939. The maximum atomic E-state index is 11.8. The summed E-state index contributed by atoms with van der Waals surface area (Å²) in [6.07, 6.45) is 0.739. The normalized spacial score (nSPS) is 12.8. The number of benzene rings is 1. The van der Waals surface area contributed by atoms with Gasteiger partial charge in [0, 0.05) is 10.6 Å². The minimum atomic E-state index is -0.497. The summed E-state index contributed by atoms with van der Waals surface area (Å²) in [5.74, 6) is 0. The summed E-state index contributed by atoms with van der Waals surface area (Å²) >= 11 is 5.86. The number of alkyl carbamates (subject to hydrolysis) is 1.